The van der Waals surface area contributed by atoms with Gasteiger partial charge in [0.25, 0.3) is 5.89 Å². The van der Waals surface area contributed by atoms with E-state index in [0.29, 0.717) is 35.6 Å². The van der Waals surface area contributed by atoms with E-state index < -0.39 is 0 Å². The van der Waals surface area contributed by atoms with Gasteiger partial charge >= 0.3 is 5.95 Å². The summed E-state index contributed by atoms with van der Waals surface area (Å²) in [5.74, 6) is 2.43. The van der Waals surface area contributed by atoms with Crippen LogP contribution < -0.4 is 15.6 Å². The number of benzene rings is 2. The van der Waals surface area contributed by atoms with E-state index >= 15 is 0 Å². The Labute approximate surface area is 192 Å². The van der Waals surface area contributed by atoms with E-state index in [0.717, 1.165) is 28.1 Å². The molecule has 0 saturated heterocycles. The highest BCUT2D eigenvalue weighted by Gasteiger charge is 2.15. The van der Waals surface area contributed by atoms with Crippen molar-refractivity contribution in [3.63, 3.8) is 0 Å². The lowest BCUT2D eigenvalue weighted by Gasteiger charge is -2.12. The van der Waals surface area contributed by atoms with Gasteiger partial charge in [0.1, 0.15) is 0 Å². The average Bonchev–Trinajstić information content (AvgIpc) is 3.25. The van der Waals surface area contributed by atoms with E-state index in [1.54, 1.807) is 12.1 Å². The van der Waals surface area contributed by atoms with Crippen molar-refractivity contribution in [2.24, 2.45) is 0 Å². The summed E-state index contributed by atoms with van der Waals surface area (Å²) in [6.07, 6.45) is 1.81. The van der Waals surface area contributed by atoms with Gasteiger partial charge in [-0.2, -0.15) is 10.2 Å². The molecule has 0 unspecified atom stereocenters. The third-order valence-corrected chi connectivity index (χ3v) is 4.93. The molecule has 166 valence electrons. The van der Waals surface area contributed by atoms with Gasteiger partial charge in [-0.05, 0) is 75.5 Å². The standard InChI is InChI=1S/C24H24N8O/c1-15-11-18(23-29-21(31-33-23)14-32(3)4)12-16(2)22(15)28-20-9-10-26-24(30-20)27-19-7-5-17(13-25)6-8-19/h5-12H,14H2,1-4H3,(H2,26,27,28,30)/p+1. The topological polar surface area (TPSA) is 117 Å². The first-order valence-corrected chi connectivity index (χ1v) is 10.4. The first-order valence-electron chi connectivity index (χ1n) is 10.4. The number of aromatic nitrogens is 4. The zero-order valence-corrected chi connectivity index (χ0v) is 19.0. The fraction of sp³-hybridized carbons (Fsp3) is 0.208. The lowest BCUT2D eigenvalue weighted by atomic mass is 10.0. The first kappa shape index (κ1) is 21.9. The molecule has 9 nitrogen and oxygen atoms in total. The van der Waals surface area contributed by atoms with Gasteiger partial charge in [0, 0.05) is 17.3 Å². The Bertz CT molecular complexity index is 1280. The summed E-state index contributed by atoms with van der Waals surface area (Å²) in [7, 11) is 3.93. The van der Waals surface area contributed by atoms with Gasteiger partial charge in [-0.1, -0.05) is 10.1 Å². The fourth-order valence-corrected chi connectivity index (χ4v) is 3.42. The number of hydrogen-bond donors (Lipinski definition) is 2. The molecule has 0 aliphatic rings. The number of H-pyrrole nitrogens is 1. The van der Waals surface area contributed by atoms with Gasteiger partial charge in [0.15, 0.2) is 5.82 Å². The summed E-state index contributed by atoms with van der Waals surface area (Å²) < 4.78 is 5.46. The number of nitriles is 1. The predicted octanol–water partition coefficient (Wildman–Crippen LogP) is 3.98. The van der Waals surface area contributed by atoms with Crippen LogP contribution in [0.2, 0.25) is 0 Å². The number of rotatable bonds is 7. The Morgan fingerprint density at radius 1 is 1.03 bits per heavy atom. The molecule has 0 aliphatic carbocycles. The molecule has 2 aromatic carbocycles. The third kappa shape index (κ3) is 5.31. The smallest absolute Gasteiger partial charge is 0.334 e. The highest BCUT2D eigenvalue weighted by Crippen LogP contribution is 2.29. The van der Waals surface area contributed by atoms with Crippen LogP contribution >= 0.6 is 0 Å². The van der Waals surface area contributed by atoms with E-state index in [2.05, 4.69) is 36.8 Å². The second-order valence-corrected chi connectivity index (χ2v) is 8.00. The molecule has 4 aromatic rings. The van der Waals surface area contributed by atoms with Crippen LogP contribution in [-0.4, -0.2) is 34.1 Å². The predicted molar refractivity (Wildman–Crippen MR) is 125 cm³/mol. The number of nitrogens with zero attached hydrogens (tertiary/aromatic N) is 5. The quantitative estimate of drug-likeness (QED) is 0.442. The Morgan fingerprint density at radius 2 is 1.76 bits per heavy atom. The molecule has 33 heavy (non-hydrogen) atoms. The number of aryl methyl sites for hydroxylation is 2. The van der Waals surface area contributed by atoms with Crippen LogP contribution in [0.1, 0.15) is 22.5 Å². The van der Waals surface area contributed by atoms with Crippen molar-refractivity contribution in [3.8, 4) is 17.5 Å². The van der Waals surface area contributed by atoms with Crippen molar-refractivity contribution < 1.29 is 9.51 Å². The minimum atomic E-state index is 0.505. The molecule has 0 amide bonds. The molecule has 4 rings (SSSR count). The SMILES string of the molecule is Cc1cc(-c2nc(CN(C)C)no2)cc(C)c1Nc1cc[nH+]c(Nc2ccc(C#N)cc2)n1. The zero-order chi connectivity index (χ0) is 23.4. The van der Waals surface area contributed by atoms with Gasteiger partial charge in [0.2, 0.25) is 5.82 Å². The summed E-state index contributed by atoms with van der Waals surface area (Å²) in [5, 5.41) is 19.6. The van der Waals surface area contributed by atoms with E-state index in [9.17, 15) is 0 Å². The van der Waals surface area contributed by atoms with Crippen LogP contribution in [0.5, 0.6) is 0 Å². The first-order chi connectivity index (χ1) is 15.9. The van der Waals surface area contributed by atoms with Crippen molar-refractivity contribution in [3.05, 3.63) is 71.2 Å². The van der Waals surface area contributed by atoms with Gasteiger partial charge in [-0.15, -0.1) is 0 Å². The zero-order valence-electron chi connectivity index (χ0n) is 19.0. The summed E-state index contributed by atoms with van der Waals surface area (Å²) >= 11 is 0. The lowest BCUT2D eigenvalue weighted by molar-refractivity contribution is -0.364. The minimum absolute atomic E-state index is 0.505. The minimum Gasteiger partial charge on any atom is -0.334 e. The van der Waals surface area contributed by atoms with Gasteiger partial charge in [-0.3, -0.25) is 0 Å². The summed E-state index contributed by atoms with van der Waals surface area (Å²) in [6, 6.07) is 15.2. The van der Waals surface area contributed by atoms with E-state index in [4.69, 9.17) is 9.78 Å². The number of aromatic amines is 1. The van der Waals surface area contributed by atoms with Crippen molar-refractivity contribution in [2.45, 2.75) is 20.4 Å². The third-order valence-electron chi connectivity index (χ3n) is 4.93. The molecule has 3 N–H and O–H groups in total. The lowest BCUT2D eigenvalue weighted by Crippen LogP contribution is -2.13. The second-order valence-electron chi connectivity index (χ2n) is 8.00. The van der Waals surface area contributed by atoms with Crippen LogP contribution in [0.25, 0.3) is 11.5 Å². The molecular weight excluding hydrogens is 416 g/mol. The monoisotopic (exact) mass is 441 g/mol. The van der Waals surface area contributed by atoms with Crippen LogP contribution in [0.4, 0.5) is 23.1 Å². The van der Waals surface area contributed by atoms with Crippen LogP contribution in [0, 0.1) is 25.2 Å². The molecule has 0 atom stereocenters. The van der Waals surface area contributed by atoms with Crippen LogP contribution in [-0.2, 0) is 6.54 Å². The van der Waals surface area contributed by atoms with Gasteiger partial charge < -0.3 is 14.7 Å². The highest BCUT2D eigenvalue weighted by atomic mass is 16.5. The van der Waals surface area contributed by atoms with Crippen molar-refractivity contribution in [2.75, 3.05) is 24.7 Å². The fourth-order valence-electron chi connectivity index (χ4n) is 3.42. The maximum Gasteiger partial charge on any atom is 0.396 e. The maximum atomic E-state index is 8.94. The molecule has 0 fully saturated rings. The largest absolute Gasteiger partial charge is 0.396 e. The Kier molecular flexibility index (Phi) is 6.29. The number of hydrogen-bond acceptors (Lipinski definition) is 8. The molecule has 0 bridgehead atoms. The average molecular weight is 442 g/mol. The number of anilines is 4. The van der Waals surface area contributed by atoms with E-state index in [1.807, 2.05) is 69.4 Å². The summed E-state index contributed by atoms with van der Waals surface area (Å²) in [4.78, 5) is 14.2. The van der Waals surface area contributed by atoms with Crippen molar-refractivity contribution in [1.29, 1.82) is 5.26 Å². The number of nitrogens with one attached hydrogen (secondary N) is 3. The summed E-state index contributed by atoms with van der Waals surface area (Å²) in [6.45, 7) is 4.68. The highest BCUT2D eigenvalue weighted by molar-refractivity contribution is 5.70. The van der Waals surface area contributed by atoms with Gasteiger partial charge in [-0.25, -0.2) is 10.3 Å². The van der Waals surface area contributed by atoms with Crippen LogP contribution in [0.3, 0.4) is 0 Å². The Hall–Kier alpha value is -4.29. The Balaban J connectivity index is 1.52. The molecule has 2 heterocycles. The van der Waals surface area contributed by atoms with E-state index in [1.165, 1.54) is 0 Å². The van der Waals surface area contributed by atoms with Crippen molar-refractivity contribution >= 4 is 23.1 Å². The second kappa shape index (κ2) is 9.46. The van der Waals surface area contributed by atoms with Crippen LogP contribution in [0.15, 0.2) is 53.2 Å². The molecule has 0 spiro atoms. The normalized spacial score (nSPS) is 10.8. The molecular formula is C24H25N8O+. The molecule has 0 saturated carbocycles. The molecule has 0 aliphatic heterocycles. The molecule has 9 heteroatoms. The maximum absolute atomic E-state index is 8.94. The molecule has 0 radical (unpaired) electrons. The van der Waals surface area contributed by atoms with Gasteiger partial charge in [0.05, 0.1) is 30.1 Å². The van der Waals surface area contributed by atoms with Crippen molar-refractivity contribution in [1.82, 2.24) is 20.0 Å². The molecule has 2 aromatic heterocycles. The Morgan fingerprint density at radius 3 is 2.42 bits per heavy atom. The van der Waals surface area contributed by atoms with E-state index in [-0.39, 0.29) is 0 Å². The summed E-state index contributed by atoms with van der Waals surface area (Å²) in [5.41, 5.74) is 5.36.